The fourth-order valence-corrected chi connectivity index (χ4v) is 3.63. The topological polar surface area (TPSA) is 99.2 Å². The molecule has 144 valence electrons. The zero-order valence-electron chi connectivity index (χ0n) is 16.0. The molecule has 3 rings (SSSR count). The number of aryl methyl sites for hydroxylation is 3. The van der Waals surface area contributed by atoms with E-state index in [2.05, 4.69) is 10.4 Å². The monoisotopic (exact) mass is 370 g/mol. The molecule has 0 saturated carbocycles. The first-order valence-electron chi connectivity index (χ1n) is 9.19. The molecule has 1 aromatic heterocycles. The highest BCUT2D eigenvalue weighted by Crippen LogP contribution is 2.23. The number of rotatable bonds is 5. The number of amides is 1. The summed E-state index contributed by atoms with van der Waals surface area (Å²) in [5, 5.41) is 7.33. The smallest absolute Gasteiger partial charge is 0.341 e. The maximum Gasteiger partial charge on any atom is 0.341 e. The van der Waals surface area contributed by atoms with Crippen molar-refractivity contribution in [2.24, 2.45) is 5.73 Å². The van der Waals surface area contributed by atoms with E-state index in [1.54, 1.807) is 0 Å². The van der Waals surface area contributed by atoms with Crippen LogP contribution in [0.2, 0.25) is 0 Å². The molecule has 7 nitrogen and oxygen atoms in total. The average molecular weight is 370 g/mol. The van der Waals surface area contributed by atoms with E-state index in [9.17, 15) is 9.59 Å². The molecule has 0 bridgehead atoms. The average Bonchev–Trinajstić information content (AvgIpc) is 3.02. The van der Waals surface area contributed by atoms with Crippen LogP contribution in [0.4, 0.5) is 0 Å². The Hall–Kier alpha value is -2.67. The SMILES string of the molecule is COC(=O)c1c(CNC(=O)C(N)c2cc(C)cc(C)c2)nn2c1CCCC2. The van der Waals surface area contributed by atoms with Gasteiger partial charge in [0, 0.05) is 6.54 Å². The van der Waals surface area contributed by atoms with Crippen molar-refractivity contribution in [1.82, 2.24) is 15.1 Å². The molecule has 2 aromatic rings. The minimum atomic E-state index is -0.776. The molecule has 1 aliphatic heterocycles. The lowest BCUT2D eigenvalue weighted by Crippen LogP contribution is -2.34. The van der Waals surface area contributed by atoms with Crippen molar-refractivity contribution in [1.29, 1.82) is 0 Å². The molecule has 0 saturated heterocycles. The van der Waals surface area contributed by atoms with Gasteiger partial charge in [0.2, 0.25) is 5.91 Å². The molecule has 1 aromatic carbocycles. The number of hydrogen-bond donors (Lipinski definition) is 2. The van der Waals surface area contributed by atoms with E-state index < -0.39 is 12.0 Å². The quantitative estimate of drug-likeness (QED) is 0.784. The third kappa shape index (κ3) is 4.03. The van der Waals surface area contributed by atoms with Gasteiger partial charge in [-0.05, 0) is 38.7 Å². The van der Waals surface area contributed by atoms with Crippen LogP contribution < -0.4 is 11.1 Å². The fourth-order valence-electron chi connectivity index (χ4n) is 3.63. The summed E-state index contributed by atoms with van der Waals surface area (Å²) in [6.45, 7) is 4.86. The normalized spacial score (nSPS) is 14.4. The van der Waals surface area contributed by atoms with E-state index in [4.69, 9.17) is 10.5 Å². The maximum absolute atomic E-state index is 12.5. The summed E-state index contributed by atoms with van der Waals surface area (Å²) < 4.78 is 6.77. The number of esters is 1. The summed E-state index contributed by atoms with van der Waals surface area (Å²) in [6, 6.07) is 5.08. The van der Waals surface area contributed by atoms with Crippen LogP contribution in [0.3, 0.4) is 0 Å². The largest absolute Gasteiger partial charge is 0.465 e. The Labute approximate surface area is 158 Å². The summed E-state index contributed by atoms with van der Waals surface area (Å²) in [5.41, 5.74) is 10.9. The Morgan fingerprint density at radius 2 is 1.96 bits per heavy atom. The minimum absolute atomic E-state index is 0.141. The first-order chi connectivity index (χ1) is 12.9. The molecule has 1 atom stereocenters. The molecule has 27 heavy (non-hydrogen) atoms. The maximum atomic E-state index is 12.5. The lowest BCUT2D eigenvalue weighted by Gasteiger charge is -2.14. The number of ether oxygens (including phenoxy) is 1. The number of fused-ring (bicyclic) bond motifs is 1. The second kappa shape index (κ2) is 7.92. The van der Waals surface area contributed by atoms with Crippen molar-refractivity contribution in [3.05, 3.63) is 51.8 Å². The predicted octanol–water partition coefficient (Wildman–Crippen LogP) is 1.94. The van der Waals surface area contributed by atoms with Crippen molar-refractivity contribution >= 4 is 11.9 Å². The van der Waals surface area contributed by atoms with Gasteiger partial charge in [-0.3, -0.25) is 9.48 Å². The second-order valence-electron chi connectivity index (χ2n) is 7.06. The zero-order chi connectivity index (χ0) is 19.6. The van der Waals surface area contributed by atoms with Gasteiger partial charge in [0.25, 0.3) is 0 Å². The highest BCUT2D eigenvalue weighted by atomic mass is 16.5. The summed E-state index contributed by atoms with van der Waals surface area (Å²) in [4.78, 5) is 24.8. The molecule has 0 spiro atoms. The highest BCUT2D eigenvalue weighted by molar-refractivity contribution is 5.92. The molecule has 0 aliphatic carbocycles. The van der Waals surface area contributed by atoms with E-state index in [-0.39, 0.29) is 12.5 Å². The molecule has 1 unspecified atom stereocenters. The second-order valence-corrected chi connectivity index (χ2v) is 7.06. The molecule has 1 aliphatic rings. The van der Waals surface area contributed by atoms with Crippen molar-refractivity contribution in [2.45, 2.75) is 52.2 Å². The third-order valence-corrected chi connectivity index (χ3v) is 4.87. The summed E-state index contributed by atoms with van der Waals surface area (Å²) in [7, 11) is 1.35. The van der Waals surface area contributed by atoms with E-state index in [1.165, 1.54) is 7.11 Å². The summed E-state index contributed by atoms with van der Waals surface area (Å²) >= 11 is 0. The van der Waals surface area contributed by atoms with E-state index in [0.717, 1.165) is 48.2 Å². The van der Waals surface area contributed by atoms with Gasteiger partial charge in [-0.25, -0.2) is 4.79 Å². The number of methoxy groups -OCH3 is 1. The van der Waals surface area contributed by atoms with Crippen molar-refractivity contribution in [3.63, 3.8) is 0 Å². The van der Waals surface area contributed by atoms with Gasteiger partial charge in [0.15, 0.2) is 0 Å². The molecule has 2 heterocycles. The van der Waals surface area contributed by atoms with E-state index in [0.29, 0.717) is 11.3 Å². The van der Waals surface area contributed by atoms with Crippen LogP contribution in [-0.4, -0.2) is 28.8 Å². The molecule has 7 heteroatoms. The van der Waals surface area contributed by atoms with Crippen molar-refractivity contribution in [2.75, 3.05) is 7.11 Å². The van der Waals surface area contributed by atoms with Crippen molar-refractivity contribution < 1.29 is 14.3 Å². The van der Waals surface area contributed by atoms with E-state index >= 15 is 0 Å². The number of hydrogen-bond acceptors (Lipinski definition) is 5. The molecule has 0 radical (unpaired) electrons. The Morgan fingerprint density at radius 3 is 2.63 bits per heavy atom. The number of benzene rings is 1. The van der Waals surface area contributed by atoms with Gasteiger partial charge in [-0.2, -0.15) is 5.10 Å². The van der Waals surface area contributed by atoms with Gasteiger partial charge >= 0.3 is 5.97 Å². The van der Waals surface area contributed by atoms with Crippen LogP contribution in [0.1, 0.15) is 57.3 Å². The van der Waals surface area contributed by atoms with Crippen LogP contribution in [-0.2, 0) is 29.0 Å². The Balaban J connectivity index is 1.77. The first kappa shape index (κ1) is 19.1. The first-order valence-corrected chi connectivity index (χ1v) is 9.19. The fraction of sp³-hybridized carbons (Fsp3) is 0.450. The zero-order valence-corrected chi connectivity index (χ0v) is 16.0. The van der Waals surface area contributed by atoms with Crippen LogP contribution in [0.15, 0.2) is 18.2 Å². The number of carbonyl (C=O) groups is 2. The Bertz CT molecular complexity index is 852. The van der Waals surface area contributed by atoms with Gasteiger partial charge in [0.05, 0.1) is 25.0 Å². The van der Waals surface area contributed by atoms with Crippen LogP contribution >= 0.6 is 0 Å². The molecule has 3 N–H and O–H groups in total. The van der Waals surface area contributed by atoms with Gasteiger partial charge in [0.1, 0.15) is 11.6 Å². The lowest BCUT2D eigenvalue weighted by molar-refractivity contribution is -0.122. The van der Waals surface area contributed by atoms with E-state index in [1.807, 2.05) is 36.7 Å². The van der Waals surface area contributed by atoms with Gasteiger partial charge in [-0.1, -0.05) is 29.3 Å². The van der Waals surface area contributed by atoms with Crippen LogP contribution in [0, 0.1) is 13.8 Å². The summed E-state index contributed by atoms with van der Waals surface area (Å²) in [5.74, 6) is -0.720. The predicted molar refractivity (Wildman–Crippen MR) is 101 cm³/mol. The Kier molecular flexibility index (Phi) is 5.60. The number of nitrogens with one attached hydrogen (secondary N) is 1. The van der Waals surface area contributed by atoms with Gasteiger partial charge < -0.3 is 15.8 Å². The van der Waals surface area contributed by atoms with Crippen molar-refractivity contribution in [3.8, 4) is 0 Å². The third-order valence-electron chi connectivity index (χ3n) is 4.87. The minimum Gasteiger partial charge on any atom is -0.465 e. The lowest BCUT2D eigenvalue weighted by atomic mass is 10.0. The number of aromatic nitrogens is 2. The Morgan fingerprint density at radius 1 is 1.26 bits per heavy atom. The number of nitrogens with two attached hydrogens (primary N) is 1. The highest BCUT2D eigenvalue weighted by Gasteiger charge is 2.26. The number of carbonyl (C=O) groups excluding carboxylic acids is 2. The standard InChI is InChI=1S/C20H26N4O3/c1-12-8-13(2)10-14(9-12)18(21)19(25)22-11-15-17(20(26)27-3)16-6-4-5-7-24(16)23-15/h8-10,18H,4-7,11,21H2,1-3H3,(H,22,25). The van der Waals surface area contributed by atoms with Crippen LogP contribution in [0.5, 0.6) is 0 Å². The summed E-state index contributed by atoms with van der Waals surface area (Å²) in [6.07, 6.45) is 2.82. The molecular weight excluding hydrogens is 344 g/mol. The van der Waals surface area contributed by atoms with Gasteiger partial charge in [-0.15, -0.1) is 0 Å². The molecular formula is C20H26N4O3. The molecule has 0 fully saturated rings. The molecule has 1 amide bonds. The van der Waals surface area contributed by atoms with Crippen LogP contribution in [0.25, 0.3) is 0 Å². The number of nitrogens with zero attached hydrogens (tertiary/aromatic N) is 2.